The third kappa shape index (κ3) is 35.6. The summed E-state index contributed by atoms with van der Waals surface area (Å²) >= 11 is 0. The van der Waals surface area contributed by atoms with E-state index in [2.05, 4.69) is 26.0 Å². The fourth-order valence-electron chi connectivity index (χ4n) is 8.26. The van der Waals surface area contributed by atoms with Crippen LogP contribution in [0.5, 0.6) is 0 Å². The Balaban J connectivity index is 2.32. The second kappa shape index (κ2) is 41.6. The maximum absolute atomic E-state index is 12.8. The molecule has 1 saturated heterocycles. The number of esters is 2. The topological polar surface area (TPSA) is 186 Å². The summed E-state index contributed by atoms with van der Waals surface area (Å²) in [6.07, 6.45) is 36.9. The molecule has 1 aliphatic rings. The molecule has 4 N–H and O–H groups in total. The number of hydrogen-bond acceptors (Lipinski definition) is 11. The van der Waals surface area contributed by atoms with Gasteiger partial charge in [0, 0.05) is 12.8 Å². The van der Waals surface area contributed by atoms with E-state index in [9.17, 15) is 37.9 Å². The second-order valence-corrected chi connectivity index (χ2v) is 20.0. The molecule has 2 unspecified atom stereocenters. The highest BCUT2D eigenvalue weighted by Crippen LogP contribution is 2.24. The molecule has 0 aromatic heterocycles. The van der Waals surface area contributed by atoms with E-state index < -0.39 is 71.2 Å². The SMILES string of the molecule is CCCCCCC/C=C/CCCCCCCC(=O)O[C@H](COC(=O)CCCCCCCCCCCCCCCCCCCCCCCC)CO[C@H]1O[C@H](CS(=O)(=O)O)[C@@H](O)C(O)C1O. The molecular formula is C51H96O12S. The Kier molecular flexibility index (Phi) is 39.2. The standard InChI is InChI=1S/C51H96O12S/c1-3-5-7-9-11-13-15-17-19-20-21-22-23-24-25-26-28-29-31-33-35-37-39-46(52)60-41-44(42-61-51-50(56)49(55)48(54)45(63-51)43-64(57,58)59)62-47(53)40-38-36-34-32-30-27-18-16-14-12-10-8-6-4-2/h16,18,44-45,48-51,54-56H,3-15,17,19-43H2,1-2H3,(H,57,58,59)/b18-16+/t44-,45-,48-,49?,50?,51+/m1/s1. The van der Waals surface area contributed by atoms with Crippen LogP contribution >= 0.6 is 0 Å². The Labute approximate surface area is 390 Å². The molecule has 0 aromatic carbocycles. The molecule has 64 heavy (non-hydrogen) atoms. The van der Waals surface area contributed by atoms with Crippen LogP contribution < -0.4 is 0 Å². The second-order valence-electron chi connectivity index (χ2n) is 18.5. The molecule has 0 amide bonds. The zero-order valence-electron chi connectivity index (χ0n) is 40.7. The Morgan fingerprint density at radius 2 is 0.891 bits per heavy atom. The normalized spacial score (nSPS) is 19.6. The van der Waals surface area contributed by atoms with Gasteiger partial charge in [0.2, 0.25) is 0 Å². The molecule has 0 saturated carbocycles. The molecule has 1 fully saturated rings. The van der Waals surface area contributed by atoms with Gasteiger partial charge < -0.3 is 34.3 Å². The highest BCUT2D eigenvalue weighted by molar-refractivity contribution is 7.85. The smallest absolute Gasteiger partial charge is 0.306 e. The third-order valence-corrected chi connectivity index (χ3v) is 13.1. The molecule has 0 bridgehead atoms. The molecular weight excluding hydrogens is 837 g/mol. The Bertz CT molecular complexity index is 1230. The number of aliphatic hydroxyl groups is 3. The largest absolute Gasteiger partial charge is 0.462 e. The van der Waals surface area contributed by atoms with E-state index in [1.54, 1.807) is 0 Å². The minimum absolute atomic E-state index is 0.158. The van der Waals surface area contributed by atoms with Crippen molar-refractivity contribution in [3.63, 3.8) is 0 Å². The lowest BCUT2D eigenvalue weighted by molar-refractivity contribution is -0.297. The summed E-state index contributed by atoms with van der Waals surface area (Å²) in [6, 6.07) is 0. The van der Waals surface area contributed by atoms with E-state index in [0.29, 0.717) is 12.8 Å². The average Bonchev–Trinajstić information content (AvgIpc) is 3.26. The molecule has 378 valence electrons. The molecule has 0 spiro atoms. The van der Waals surface area contributed by atoms with Crippen molar-refractivity contribution < 1.29 is 56.8 Å². The number of carbonyl (C=O) groups excluding carboxylic acids is 2. The number of rotatable bonds is 45. The van der Waals surface area contributed by atoms with Crippen LogP contribution in [0.25, 0.3) is 0 Å². The number of unbranched alkanes of at least 4 members (excludes halogenated alkanes) is 31. The van der Waals surface area contributed by atoms with Gasteiger partial charge in [0.25, 0.3) is 10.1 Å². The summed E-state index contributed by atoms with van der Waals surface area (Å²) in [7, 11) is -4.60. The Morgan fingerprint density at radius 1 is 0.516 bits per heavy atom. The summed E-state index contributed by atoms with van der Waals surface area (Å²) in [5, 5.41) is 31.0. The van der Waals surface area contributed by atoms with E-state index in [-0.39, 0.29) is 19.4 Å². The zero-order chi connectivity index (χ0) is 46.9. The van der Waals surface area contributed by atoms with Crippen LogP contribution in [-0.4, -0.2) is 96.0 Å². The molecule has 12 nitrogen and oxygen atoms in total. The predicted molar refractivity (Wildman–Crippen MR) is 257 cm³/mol. The highest BCUT2D eigenvalue weighted by Gasteiger charge is 2.46. The van der Waals surface area contributed by atoms with Crippen LogP contribution in [0.4, 0.5) is 0 Å². The molecule has 1 aliphatic heterocycles. The van der Waals surface area contributed by atoms with Gasteiger partial charge in [-0.25, -0.2) is 0 Å². The van der Waals surface area contributed by atoms with E-state index in [4.69, 9.17) is 18.9 Å². The third-order valence-electron chi connectivity index (χ3n) is 12.3. The first kappa shape index (κ1) is 60.4. The first-order valence-electron chi connectivity index (χ1n) is 26.2. The number of hydrogen-bond donors (Lipinski definition) is 4. The van der Waals surface area contributed by atoms with Gasteiger partial charge in [0.1, 0.15) is 36.8 Å². The van der Waals surface area contributed by atoms with Gasteiger partial charge in [0.05, 0.1) is 6.61 Å². The number of ether oxygens (including phenoxy) is 4. The minimum Gasteiger partial charge on any atom is -0.462 e. The van der Waals surface area contributed by atoms with Gasteiger partial charge in [-0.3, -0.25) is 14.1 Å². The van der Waals surface area contributed by atoms with Gasteiger partial charge in [-0.1, -0.05) is 206 Å². The first-order chi connectivity index (χ1) is 31.0. The summed E-state index contributed by atoms with van der Waals surface area (Å²) in [6.45, 7) is 3.78. The zero-order valence-corrected chi connectivity index (χ0v) is 41.5. The predicted octanol–water partition coefficient (Wildman–Crippen LogP) is 11.8. The fourth-order valence-corrected chi connectivity index (χ4v) is 8.95. The molecule has 0 radical (unpaired) electrons. The van der Waals surface area contributed by atoms with Gasteiger partial charge >= 0.3 is 11.9 Å². The van der Waals surface area contributed by atoms with Crippen molar-refractivity contribution in [3.05, 3.63) is 12.2 Å². The lowest BCUT2D eigenvalue weighted by atomic mass is 10.00. The highest BCUT2D eigenvalue weighted by atomic mass is 32.2. The van der Waals surface area contributed by atoms with Crippen LogP contribution in [0.3, 0.4) is 0 Å². The van der Waals surface area contributed by atoms with E-state index in [1.165, 1.54) is 148 Å². The van der Waals surface area contributed by atoms with Crippen LogP contribution in [-0.2, 0) is 38.7 Å². The van der Waals surface area contributed by atoms with Crippen molar-refractivity contribution in [2.45, 2.75) is 282 Å². The van der Waals surface area contributed by atoms with Crippen LogP contribution in [0.2, 0.25) is 0 Å². The van der Waals surface area contributed by atoms with Gasteiger partial charge in [0.15, 0.2) is 12.4 Å². The van der Waals surface area contributed by atoms with Crippen molar-refractivity contribution >= 4 is 22.1 Å². The van der Waals surface area contributed by atoms with Crippen molar-refractivity contribution in [2.24, 2.45) is 0 Å². The maximum Gasteiger partial charge on any atom is 0.306 e. The first-order valence-corrected chi connectivity index (χ1v) is 27.9. The fraction of sp³-hybridized carbons (Fsp3) is 0.922. The monoisotopic (exact) mass is 933 g/mol. The quantitative estimate of drug-likeness (QED) is 0.0196. The molecule has 1 heterocycles. The molecule has 0 aromatic rings. The van der Waals surface area contributed by atoms with Gasteiger partial charge in [-0.15, -0.1) is 0 Å². The number of aliphatic hydroxyl groups excluding tert-OH is 3. The summed E-state index contributed by atoms with van der Waals surface area (Å²) < 4.78 is 54.2. The minimum atomic E-state index is -4.60. The van der Waals surface area contributed by atoms with E-state index >= 15 is 0 Å². The maximum atomic E-state index is 12.8. The molecule has 6 atom stereocenters. The summed E-state index contributed by atoms with van der Waals surface area (Å²) in [5.74, 6) is -1.98. The van der Waals surface area contributed by atoms with Crippen molar-refractivity contribution in [1.29, 1.82) is 0 Å². The van der Waals surface area contributed by atoms with Crippen LogP contribution in [0.1, 0.15) is 245 Å². The van der Waals surface area contributed by atoms with Gasteiger partial charge in [-0.05, 0) is 38.5 Å². The number of allylic oxidation sites excluding steroid dienone is 2. The molecule has 0 aliphatic carbocycles. The van der Waals surface area contributed by atoms with Crippen LogP contribution in [0, 0.1) is 0 Å². The molecule has 13 heteroatoms. The van der Waals surface area contributed by atoms with Gasteiger partial charge in [-0.2, -0.15) is 8.42 Å². The lowest BCUT2D eigenvalue weighted by Gasteiger charge is -2.40. The summed E-state index contributed by atoms with van der Waals surface area (Å²) in [4.78, 5) is 25.5. The molecule has 1 rings (SSSR count). The van der Waals surface area contributed by atoms with Crippen molar-refractivity contribution in [1.82, 2.24) is 0 Å². The Morgan fingerprint density at radius 3 is 1.30 bits per heavy atom. The Hall–Kier alpha value is -1.61. The van der Waals surface area contributed by atoms with Crippen molar-refractivity contribution in [2.75, 3.05) is 19.0 Å². The summed E-state index contributed by atoms with van der Waals surface area (Å²) in [5.41, 5.74) is 0. The van der Waals surface area contributed by atoms with Crippen LogP contribution in [0.15, 0.2) is 12.2 Å². The number of carbonyl (C=O) groups is 2. The van der Waals surface area contributed by atoms with E-state index in [0.717, 1.165) is 57.8 Å². The van der Waals surface area contributed by atoms with E-state index in [1.807, 2.05) is 0 Å². The van der Waals surface area contributed by atoms with Crippen molar-refractivity contribution in [3.8, 4) is 0 Å². The average molecular weight is 933 g/mol. The lowest BCUT2D eigenvalue weighted by Crippen LogP contribution is -2.60.